The van der Waals surface area contributed by atoms with Crippen LogP contribution in [0.15, 0.2) is 66.0 Å². The first-order valence-corrected chi connectivity index (χ1v) is 12.0. The highest BCUT2D eigenvalue weighted by Gasteiger charge is 2.21. The number of phenolic OH excluding ortho intramolecular Hbond substituents is 2. The van der Waals surface area contributed by atoms with Gasteiger partial charge in [-0.25, -0.2) is 0 Å². The van der Waals surface area contributed by atoms with Crippen molar-refractivity contribution in [3.8, 4) is 11.5 Å². The first-order valence-electron chi connectivity index (χ1n) is 11.1. The fraction of sp³-hybridized carbons (Fsp3) is 0.385. The molecule has 0 amide bonds. The Morgan fingerprint density at radius 2 is 1.81 bits per heavy atom. The molecule has 0 bridgehead atoms. The summed E-state index contributed by atoms with van der Waals surface area (Å²) in [5.41, 5.74) is 2.23. The maximum Gasteiger partial charge on any atom is 0.120 e. The van der Waals surface area contributed by atoms with Gasteiger partial charge in [-0.1, -0.05) is 36.4 Å². The lowest BCUT2D eigenvalue weighted by atomic mass is 9.89. The summed E-state index contributed by atoms with van der Waals surface area (Å²) in [6.07, 6.45) is 4.66. The summed E-state index contributed by atoms with van der Waals surface area (Å²) in [4.78, 5) is 3.88. The van der Waals surface area contributed by atoms with Crippen LogP contribution >= 0.6 is 11.3 Å². The van der Waals surface area contributed by atoms with Crippen molar-refractivity contribution in [3.63, 3.8) is 0 Å². The minimum Gasteiger partial charge on any atom is -0.508 e. The third kappa shape index (κ3) is 7.69. The number of aryl methyl sites for hydroxylation is 1. The number of aromatic hydroxyl groups is 2. The van der Waals surface area contributed by atoms with E-state index in [0.717, 1.165) is 44.6 Å². The van der Waals surface area contributed by atoms with Gasteiger partial charge >= 0.3 is 0 Å². The first kappa shape index (κ1) is 23.3. The second kappa shape index (κ2) is 12.5. The molecule has 0 unspecified atom stereocenters. The molecule has 2 aromatic carbocycles. The summed E-state index contributed by atoms with van der Waals surface area (Å²) in [7, 11) is 1.99. The molecule has 1 saturated heterocycles. The van der Waals surface area contributed by atoms with E-state index in [-0.39, 0.29) is 0 Å². The molecule has 0 radical (unpaired) electrons. The molecule has 3 N–H and O–H groups in total. The van der Waals surface area contributed by atoms with E-state index in [9.17, 15) is 10.2 Å². The van der Waals surface area contributed by atoms with Crippen LogP contribution in [-0.4, -0.2) is 41.8 Å². The number of phenols is 2. The van der Waals surface area contributed by atoms with Crippen molar-refractivity contribution >= 4 is 11.3 Å². The lowest BCUT2D eigenvalue weighted by Crippen LogP contribution is -2.32. The maximum absolute atomic E-state index is 9.85. The topological polar surface area (TPSA) is 55.7 Å². The van der Waals surface area contributed by atoms with Gasteiger partial charge in [0.1, 0.15) is 11.5 Å². The van der Waals surface area contributed by atoms with Crippen LogP contribution < -0.4 is 5.32 Å². The Morgan fingerprint density at radius 1 is 1.00 bits per heavy atom. The Labute approximate surface area is 190 Å². The van der Waals surface area contributed by atoms with E-state index < -0.39 is 0 Å². The lowest BCUT2D eigenvalue weighted by Gasteiger charge is -2.32. The fourth-order valence-electron chi connectivity index (χ4n) is 3.98. The number of benzene rings is 2. The molecule has 1 aliphatic heterocycles. The molecule has 1 aliphatic rings. The van der Waals surface area contributed by atoms with Gasteiger partial charge in [-0.05, 0) is 93.5 Å². The molecule has 3 aromatic rings. The largest absolute Gasteiger partial charge is 0.508 e. The van der Waals surface area contributed by atoms with E-state index in [1.54, 1.807) is 12.1 Å². The van der Waals surface area contributed by atoms with Gasteiger partial charge < -0.3 is 15.5 Å². The predicted octanol–water partition coefficient (Wildman–Crippen LogP) is 5.38. The zero-order valence-electron chi connectivity index (χ0n) is 18.3. The Hall–Kier alpha value is -2.34. The minimum atomic E-state index is 0.351. The van der Waals surface area contributed by atoms with Crippen LogP contribution in [0.5, 0.6) is 11.5 Å². The quantitative estimate of drug-likeness (QED) is 0.434. The smallest absolute Gasteiger partial charge is 0.120 e. The summed E-state index contributed by atoms with van der Waals surface area (Å²) >= 11 is 1.85. The molecule has 0 aliphatic carbocycles. The van der Waals surface area contributed by atoms with Crippen molar-refractivity contribution in [1.29, 1.82) is 0 Å². The van der Waals surface area contributed by atoms with Crippen molar-refractivity contribution in [2.24, 2.45) is 0 Å². The number of thiophene rings is 1. The van der Waals surface area contributed by atoms with Crippen LogP contribution in [0.3, 0.4) is 0 Å². The zero-order chi connectivity index (χ0) is 21.9. The van der Waals surface area contributed by atoms with E-state index in [1.165, 1.54) is 23.3 Å². The second-order valence-corrected chi connectivity index (χ2v) is 9.09. The van der Waals surface area contributed by atoms with E-state index >= 15 is 0 Å². The Balaban J connectivity index is 0.000000229. The standard InChI is InChI=1S/C18H21NO2.C8H13NS/c20-17-6-3-5-15(12-17)14-8-10-19(11-9-14)13-16-4-1-2-7-18(16)21;1-9-6-2-4-8-5-3-7-10-8/h1-7,12,14,20-21H,8-11,13H2;3,5,7,9H,2,4,6H2,1H3. The Morgan fingerprint density at radius 3 is 2.48 bits per heavy atom. The number of rotatable bonds is 7. The van der Waals surface area contributed by atoms with Crippen molar-refractivity contribution in [2.45, 2.75) is 38.1 Å². The second-order valence-electron chi connectivity index (χ2n) is 8.06. The van der Waals surface area contributed by atoms with Crippen LogP contribution in [0, 0.1) is 0 Å². The van der Waals surface area contributed by atoms with Crippen LogP contribution in [0.2, 0.25) is 0 Å². The number of nitrogens with one attached hydrogen (secondary N) is 1. The molecule has 0 spiro atoms. The fourth-order valence-corrected chi connectivity index (χ4v) is 4.73. The minimum absolute atomic E-state index is 0.351. The van der Waals surface area contributed by atoms with E-state index in [1.807, 2.05) is 48.7 Å². The average molecular weight is 439 g/mol. The number of piperidine rings is 1. The molecule has 4 nitrogen and oxygen atoms in total. The molecule has 31 heavy (non-hydrogen) atoms. The highest BCUT2D eigenvalue weighted by atomic mass is 32.1. The van der Waals surface area contributed by atoms with Gasteiger partial charge in [-0.2, -0.15) is 0 Å². The van der Waals surface area contributed by atoms with Crippen molar-refractivity contribution in [2.75, 3.05) is 26.7 Å². The number of likely N-dealkylation sites (tertiary alicyclic amines) is 1. The van der Waals surface area contributed by atoms with Gasteiger partial charge in [0.2, 0.25) is 0 Å². The molecular formula is C26H34N2O2S. The van der Waals surface area contributed by atoms with Crippen LogP contribution in [0.1, 0.15) is 41.2 Å². The van der Waals surface area contributed by atoms with Gasteiger partial charge in [0.15, 0.2) is 0 Å². The molecule has 0 saturated carbocycles. The van der Waals surface area contributed by atoms with Gasteiger partial charge in [0.05, 0.1) is 0 Å². The highest BCUT2D eigenvalue weighted by Crippen LogP contribution is 2.31. The SMILES string of the molecule is CNCCCc1cccs1.Oc1cccc(C2CCN(Cc3ccccc3O)CC2)c1. The van der Waals surface area contributed by atoms with Gasteiger partial charge in [-0.3, -0.25) is 4.90 Å². The number of nitrogens with zero attached hydrogens (tertiary/aromatic N) is 1. The number of para-hydroxylation sites is 1. The lowest BCUT2D eigenvalue weighted by molar-refractivity contribution is 0.202. The predicted molar refractivity (Wildman–Crippen MR) is 130 cm³/mol. The van der Waals surface area contributed by atoms with Crippen molar-refractivity contribution in [1.82, 2.24) is 10.2 Å². The van der Waals surface area contributed by atoms with Gasteiger partial charge in [0.25, 0.3) is 0 Å². The summed E-state index contributed by atoms with van der Waals surface area (Å²) in [5.74, 6) is 1.26. The van der Waals surface area contributed by atoms with Crippen LogP contribution in [-0.2, 0) is 13.0 Å². The Kier molecular flexibility index (Phi) is 9.40. The highest BCUT2D eigenvalue weighted by molar-refractivity contribution is 7.09. The summed E-state index contributed by atoms with van der Waals surface area (Å²) in [5, 5.41) is 24.7. The molecule has 166 valence electrons. The monoisotopic (exact) mass is 438 g/mol. The first-order chi connectivity index (χ1) is 15.2. The van der Waals surface area contributed by atoms with Crippen LogP contribution in [0.4, 0.5) is 0 Å². The summed E-state index contributed by atoms with van der Waals surface area (Å²) in [6.45, 7) is 3.97. The van der Waals surface area contributed by atoms with Gasteiger partial charge in [-0.15, -0.1) is 11.3 Å². The molecule has 5 heteroatoms. The van der Waals surface area contributed by atoms with Crippen LogP contribution in [0.25, 0.3) is 0 Å². The molecule has 4 rings (SSSR count). The third-order valence-electron chi connectivity index (χ3n) is 5.74. The van der Waals surface area contributed by atoms with E-state index in [2.05, 4.69) is 33.8 Å². The molecule has 0 atom stereocenters. The average Bonchev–Trinajstić information content (AvgIpc) is 3.30. The normalized spacial score (nSPS) is 14.7. The van der Waals surface area contributed by atoms with Gasteiger partial charge in [0, 0.05) is 17.0 Å². The van der Waals surface area contributed by atoms with E-state index in [0.29, 0.717) is 17.4 Å². The Bertz CT molecular complexity index is 890. The molecule has 1 aromatic heterocycles. The van der Waals surface area contributed by atoms with E-state index in [4.69, 9.17) is 0 Å². The molecule has 2 heterocycles. The number of hydrogen-bond donors (Lipinski definition) is 3. The summed E-state index contributed by atoms with van der Waals surface area (Å²) < 4.78 is 0. The third-order valence-corrected chi connectivity index (χ3v) is 6.68. The number of hydrogen-bond acceptors (Lipinski definition) is 5. The zero-order valence-corrected chi connectivity index (χ0v) is 19.2. The van der Waals surface area contributed by atoms with Crippen molar-refractivity contribution < 1.29 is 10.2 Å². The maximum atomic E-state index is 9.85. The molecular weight excluding hydrogens is 404 g/mol. The molecule has 1 fully saturated rings. The summed E-state index contributed by atoms with van der Waals surface area (Å²) in [6, 6.07) is 19.5. The van der Waals surface area contributed by atoms with Crippen molar-refractivity contribution in [3.05, 3.63) is 82.0 Å².